The zero-order valence-electron chi connectivity index (χ0n) is 23.3. The van der Waals surface area contributed by atoms with Crippen LogP contribution in [-0.2, 0) is 25.9 Å². The van der Waals surface area contributed by atoms with Gasteiger partial charge < -0.3 is 25.9 Å². The van der Waals surface area contributed by atoms with Gasteiger partial charge in [-0.25, -0.2) is 0 Å². The SMILES string of the molecule is C=CCO[Si](C)(O[Si](C)(C)O[Si](C)(C)O[Si](C)(OCCCCOC=C)c1ccccc1)c1ccccc1. The normalized spacial score (nSPS) is 15.4. The Morgan fingerprint density at radius 3 is 1.54 bits per heavy atom. The Kier molecular flexibility index (Phi) is 12.4. The second kappa shape index (κ2) is 14.5. The summed E-state index contributed by atoms with van der Waals surface area (Å²) in [5.41, 5.74) is 0. The molecule has 6 nitrogen and oxygen atoms in total. The summed E-state index contributed by atoms with van der Waals surface area (Å²) >= 11 is 0. The summed E-state index contributed by atoms with van der Waals surface area (Å²) in [6.45, 7) is 21.5. The fourth-order valence-corrected chi connectivity index (χ4v) is 21.9. The van der Waals surface area contributed by atoms with E-state index in [1.165, 1.54) is 6.26 Å². The molecule has 0 bridgehead atoms. The summed E-state index contributed by atoms with van der Waals surface area (Å²) in [4.78, 5) is 0. The van der Waals surface area contributed by atoms with E-state index >= 15 is 0 Å². The highest BCUT2D eigenvalue weighted by Crippen LogP contribution is 2.25. The molecule has 0 aromatic heterocycles. The van der Waals surface area contributed by atoms with Gasteiger partial charge in [0.05, 0.1) is 19.5 Å². The average Bonchev–Trinajstić information content (AvgIpc) is 2.84. The van der Waals surface area contributed by atoms with Crippen LogP contribution in [0, 0.1) is 0 Å². The minimum atomic E-state index is -2.76. The van der Waals surface area contributed by atoms with Gasteiger partial charge >= 0.3 is 34.2 Å². The van der Waals surface area contributed by atoms with Crippen molar-refractivity contribution >= 4 is 44.6 Å². The highest BCUT2D eigenvalue weighted by atomic mass is 28.5. The molecule has 10 heteroatoms. The quantitative estimate of drug-likeness (QED) is 0.100. The van der Waals surface area contributed by atoms with Crippen molar-refractivity contribution in [3.8, 4) is 0 Å². The maximum Gasteiger partial charge on any atom is 0.360 e. The van der Waals surface area contributed by atoms with Gasteiger partial charge in [0.15, 0.2) is 0 Å². The summed E-state index contributed by atoms with van der Waals surface area (Å²) in [6, 6.07) is 20.4. The van der Waals surface area contributed by atoms with Gasteiger partial charge in [0.1, 0.15) is 0 Å². The van der Waals surface area contributed by atoms with Crippen LogP contribution in [0.2, 0.25) is 39.3 Å². The molecule has 0 saturated heterocycles. The number of rotatable bonds is 18. The number of benzene rings is 2. The minimum absolute atomic E-state index is 0.421. The highest BCUT2D eigenvalue weighted by molar-refractivity contribution is 6.93. The highest BCUT2D eigenvalue weighted by Gasteiger charge is 2.48. The topological polar surface area (TPSA) is 55.4 Å². The Labute approximate surface area is 228 Å². The molecule has 2 rings (SSSR count). The second-order valence-corrected chi connectivity index (χ2v) is 23.5. The lowest BCUT2D eigenvalue weighted by atomic mass is 10.3. The molecule has 0 aliphatic rings. The fourth-order valence-electron chi connectivity index (χ4n) is 4.25. The fraction of sp³-hybridized carbons (Fsp3) is 0.407. The molecule has 0 saturated carbocycles. The Morgan fingerprint density at radius 1 is 0.622 bits per heavy atom. The molecule has 0 radical (unpaired) electrons. The van der Waals surface area contributed by atoms with E-state index in [0.29, 0.717) is 19.8 Å². The number of hydrogen-bond acceptors (Lipinski definition) is 6. The van der Waals surface area contributed by atoms with Crippen LogP contribution in [0.1, 0.15) is 12.8 Å². The summed E-state index contributed by atoms with van der Waals surface area (Å²) < 4.78 is 38.5. The van der Waals surface area contributed by atoms with Crippen LogP contribution >= 0.6 is 0 Å². The van der Waals surface area contributed by atoms with Crippen LogP contribution in [-0.4, -0.2) is 54.1 Å². The van der Waals surface area contributed by atoms with Crippen LogP contribution in [0.3, 0.4) is 0 Å². The summed E-state index contributed by atoms with van der Waals surface area (Å²) in [7, 11) is -10.9. The van der Waals surface area contributed by atoms with E-state index in [-0.39, 0.29) is 0 Å². The van der Waals surface area contributed by atoms with E-state index in [9.17, 15) is 0 Å². The van der Waals surface area contributed by atoms with Crippen LogP contribution in [0.4, 0.5) is 0 Å². The number of hydrogen-bond donors (Lipinski definition) is 0. The zero-order chi connectivity index (χ0) is 27.4. The largest absolute Gasteiger partial charge is 0.502 e. The second-order valence-electron chi connectivity index (χ2n) is 9.92. The first kappa shape index (κ1) is 31.6. The lowest BCUT2D eigenvalue weighted by Gasteiger charge is -2.41. The molecule has 2 unspecified atom stereocenters. The molecule has 2 aromatic carbocycles. The van der Waals surface area contributed by atoms with Crippen molar-refractivity contribution in [3.63, 3.8) is 0 Å². The number of unbranched alkanes of at least 4 members (excludes halogenated alkanes) is 1. The Morgan fingerprint density at radius 2 is 1.08 bits per heavy atom. The smallest absolute Gasteiger partial charge is 0.360 e. The van der Waals surface area contributed by atoms with Crippen molar-refractivity contribution in [1.29, 1.82) is 0 Å². The Balaban J connectivity index is 2.19. The van der Waals surface area contributed by atoms with E-state index in [1.54, 1.807) is 6.08 Å². The van der Waals surface area contributed by atoms with Gasteiger partial charge in [0.25, 0.3) is 0 Å². The summed E-state index contributed by atoms with van der Waals surface area (Å²) in [5.74, 6) is 0. The first-order chi connectivity index (χ1) is 17.5. The maximum absolute atomic E-state index is 6.88. The molecule has 0 aliphatic carbocycles. The molecule has 2 atom stereocenters. The molecule has 37 heavy (non-hydrogen) atoms. The van der Waals surface area contributed by atoms with Crippen molar-refractivity contribution in [2.24, 2.45) is 0 Å². The van der Waals surface area contributed by atoms with Crippen molar-refractivity contribution in [1.82, 2.24) is 0 Å². The van der Waals surface area contributed by atoms with Crippen LogP contribution in [0.25, 0.3) is 0 Å². The third-order valence-corrected chi connectivity index (χ3v) is 20.8. The molecular formula is C27H44O6Si4. The van der Waals surface area contributed by atoms with Crippen molar-refractivity contribution in [2.45, 2.75) is 52.1 Å². The van der Waals surface area contributed by atoms with Gasteiger partial charge in [-0.1, -0.05) is 73.3 Å². The van der Waals surface area contributed by atoms with E-state index in [4.69, 9.17) is 25.9 Å². The van der Waals surface area contributed by atoms with Crippen LogP contribution in [0.5, 0.6) is 0 Å². The molecule has 0 fully saturated rings. The van der Waals surface area contributed by atoms with E-state index < -0.39 is 34.2 Å². The number of ether oxygens (including phenoxy) is 1. The summed E-state index contributed by atoms with van der Waals surface area (Å²) in [5, 5.41) is 2.15. The summed E-state index contributed by atoms with van der Waals surface area (Å²) in [6.07, 6.45) is 5.00. The average molecular weight is 577 g/mol. The van der Waals surface area contributed by atoms with E-state index in [2.05, 4.69) is 76.7 Å². The van der Waals surface area contributed by atoms with Crippen molar-refractivity contribution in [2.75, 3.05) is 19.8 Å². The van der Waals surface area contributed by atoms with Gasteiger partial charge in [0.2, 0.25) is 0 Å². The van der Waals surface area contributed by atoms with Crippen LogP contribution < -0.4 is 10.4 Å². The predicted molar refractivity (Wildman–Crippen MR) is 161 cm³/mol. The molecule has 2 aromatic rings. The lowest BCUT2D eigenvalue weighted by Crippen LogP contribution is -2.63. The molecule has 0 N–H and O–H groups in total. The predicted octanol–water partition coefficient (Wildman–Crippen LogP) is 5.56. The zero-order valence-corrected chi connectivity index (χ0v) is 27.3. The van der Waals surface area contributed by atoms with Crippen molar-refractivity contribution < 1.29 is 25.9 Å². The van der Waals surface area contributed by atoms with Crippen LogP contribution in [0.15, 0.2) is 86.2 Å². The van der Waals surface area contributed by atoms with Gasteiger partial charge in [-0.2, -0.15) is 0 Å². The van der Waals surface area contributed by atoms with Gasteiger partial charge in [-0.3, -0.25) is 0 Å². The molecule has 0 heterocycles. The Hall–Kier alpha value is -1.61. The first-order valence-electron chi connectivity index (χ1n) is 12.8. The minimum Gasteiger partial charge on any atom is -0.502 e. The van der Waals surface area contributed by atoms with Gasteiger partial charge in [-0.05, 0) is 62.5 Å². The van der Waals surface area contributed by atoms with E-state index in [0.717, 1.165) is 23.2 Å². The third kappa shape index (κ3) is 10.6. The molecule has 0 aliphatic heterocycles. The molecular weight excluding hydrogens is 533 g/mol. The molecule has 0 amide bonds. The lowest BCUT2D eigenvalue weighted by molar-refractivity contribution is 0.200. The first-order valence-corrected chi connectivity index (χ1v) is 23.0. The third-order valence-electron chi connectivity index (χ3n) is 5.60. The Bertz CT molecular complexity index is 960. The van der Waals surface area contributed by atoms with Gasteiger partial charge in [-0.15, -0.1) is 6.58 Å². The monoisotopic (exact) mass is 576 g/mol. The van der Waals surface area contributed by atoms with Gasteiger partial charge in [0, 0.05) is 6.61 Å². The maximum atomic E-state index is 6.88. The standard InChI is InChI=1S/C27H44O6Si4/c1-9-23-29-36(7,26-19-13-11-14-20-26)32-34(3,4)31-35(5,6)33-37(8,27-21-15-12-16-22-27)30-25-18-17-24-28-10-2/h9-16,19-22H,1-2,17-18,23-25H2,3-8H3. The van der Waals surface area contributed by atoms with E-state index in [1.807, 2.05) is 36.4 Å². The van der Waals surface area contributed by atoms with Crippen molar-refractivity contribution in [3.05, 3.63) is 86.2 Å². The molecule has 204 valence electrons. The molecule has 0 spiro atoms.